The van der Waals surface area contributed by atoms with Gasteiger partial charge in [-0.1, -0.05) is 74.4 Å². The molecule has 3 aromatic carbocycles. The lowest BCUT2D eigenvalue weighted by atomic mass is 10.0. The molecule has 12 nitrogen and oxygen atoms in total. The topological polar surface area (TPSA) is 157 Å². The normalized spacial score (nSPS) is 14.9. The number of ether oxygens (including phenoxy) is 1. The molecule has 3 aromatic rings. The molecule has 0 saturated carbocycles. The summed E-state index contributed by atoms with van der Waals surface area (Å²) in [5.74, 6) is -1.04. The molecular weight excluding hydrogens is 634 g/mol. The van der Waals surface area contributed by atoms with Crippen LogP contribution < -0.4 is 25.0 Å². The molecule has 48 heavy (non-hydrogen) atoms. The Balaban J connectivity index is 1.49. The van der Waals surface area contributed by atoms with Crippen LogP contribution >= 0.6 is 0 Å². The van der Waals surface area contributed by atoms with Crippen LogP contribution in [0.3, 0.4) is 0 Å². The number of aliphatic hydroxyl groups is 1. The van der Waals surface area contributed by atoms with Gasteiger partial charge in [-0.15, -0.1) is 0 Å². The minimum atomic E-state index is -4.13. The Morgan fingerprint density at radius 2 is 1.42 bits per heavy atom. The summed E-state index contributed by atoms with van der Waals surface area (Å²) in [6.45, 7) is 3.76. The third-order valence-electron chi connectivity index (χ3n) is 7.82. The molecular formula is C35H43N5O7S. The second-order valence-corrected chi connectivity index (χ2v) is 13.2. The van der Waals surface area contributed by atoms with Crippen LogP contribution in [0.5, 0.6) is 5.75 Å². The molecule has 4 rings (SSSR count). The number of anilines is 1. The van der Waals surface area contributed by atoms with Gasteiger partial charge in [0, 0.05) is 26.3 Å². The monoisotopic (exact) mass is 677 g/mol. The Morgan fingerprint density at radius 1 is 0.812 bits per heavy atom. The van der Waals surface area contributed by atoms with Crippen molar-refractivity contribution in [2.24, 2.45) is 0 Å². The molecule has 0 bridgehead atoms. The molecule has 0 radical (unpaired) electrons. The summed E-state index contributed by atoms with van der Waals surface area (Å²) in [5, 5.41) is 19.0. The van der Waals surface area contributed by atoms with Gasteiger partial charge in [0.15, 0.2) is 0 Å². The summed E-state index contributed by atoms with van der Waals surface area (Å²) >= 11 is 0. The van der Waals surface area contributed by atoms with Crippen LogP contribution in [0.4, 0.5) is 5.69 Å². The molecule has 1 heterocycles. The van der Waals surface area contributed by atoms with E-state index in [2.05, 4.69) is 22.9 Å². The standard InChI is InChI=1S/C35H43N5O7S/c1-4-5-9-20-36-34(43)31(38-35(44)32(37-25(2)41)21-26-10-7-6-8-11-26)22-27-12-16-29(17-13-27)39-24-33(42)40(48(39,45)46)23-28-14-18-30(47-3)19-15-28/h6-8,10-19,24,31-32,42H,4-5,9,20-23H2,1-3H3,(H,36,43)(H,37,41)(H,38,44)/t31-,32-/m0/s1. The second-order valence-electron chi connectivity index (χ2n) is 11.5. The Morgan fingerprint density at radius 3 is 2.02 bits per heavy atom. The van der Waals surface area contributed by atoms with E-state index < -0.39 is 34.1 Å². The minimum absolute atomic E-state index is 0.0816. The van der Waals surface area contributed by atoms with Crippen LogP contribution in [0, 0.1) is 0 Å². The molecule has 0 aliphatic carbocycles. The zero-order chi connectivity index (χ0) is 34.7. The van der Waals surface area contributed by atoms with Gasteiger partial charge in [0.1, 0.15) is 17.8 Å². The highest BCUT2D eigenvalue weighted by atomic mass is 32.2. The van der Waals surface area contributed by atoms with E-state index in [0.29, 0.717) is 23.4 Å². The average molecular weight is 678 g/mol. The van der Waals surface area contributed by atoms with Gasteiger partial charge >= 0.3 is 10.2 Å². The van der Waals surface area contributed by atoms with Crippen molar-refractivity contribution in [3.8, 4) is 5.75 Å². The molecule has 3 amide bonds. The highest BCUT2D eigenvalue weighted by Crippen LogP contribution is 2.31. The fraction of sp³-hybridized carbons (Fsp3) is 0.343. The van der Waals surface area contributed by atoms with Crippen LogP contribution in [0.1, 0.15) is 49.8 Å². The number of amides is 3. The van der Waals surface area contributed by atoms with Crippen molar-refractivity contribution < 1.29 is 32.6 Å². The zero-order valence-corrected chi connectivity index (χ0v) is 28.2. The largest absolute Gasteiger partial charge is 0.497 e. The number of hydrogen-bond donors (Lipinski definition) is 4. The zero-order valence-electron chi connectivity index (χ0n) is 27.4. The number of carbonyl (C=O) groups is 3. The number of carbonyl (C=O) groups excluding carboxylic acids is 3. The quantitative estimate of drug-likeness (QED) is 0.169. The number of benzene rings is 3. The summed E-state index contributed by atoms with van der Waals surface area (Å²) < 4.78 is 33.9. The first-order valence-corrected chi connectivity index (χ1v) is 17.3. The van der Waals surface area contributed by atoms with Crippen LogP contribution in [0.25, 0.3) is 0 Å². The molecule has 0 fully saturated rings. The molecule has 0 aromatic heterocycles. The van der Waals surface area contributed by atoms with Crippen molar-refractivity contribution in [1.82, 2.24) is 20.3 Å². The Bertz CT molecular complexity index is 1680. The molecule has 0 unspecified atom stereocenters. The first-order chi connectivity index (χ1) is 23.0. The molecule has 256 valence electrons. The summed E-state index contributed by atoms with van der Waals surface area (Å²) in [6.07, 6.45) is 4.21. The number of methoxy groups -OCH3 is 1. The van der Waals surface area contributed by atoms with Crippen LogP contribution in [0.15, 0.2) is 90.9 Å². The summed E-state index contributed by atoms with van der Waals surface area (Å²) in [7, 11) is -2.60. The second kappa shape index (κ2) is 16.7. The van der Waals surface area contributed by atoms with E-state index in [9.17, 15) is 27.9 Å². The van der Waals surface area contributed by atoms with Gasteiger partial charge < -0.3 is 25.8 Å². The Labute approximate surface area is 282 Å². The van der Waals surface area contributed by atoms with E-state index in [1.807, 2.05) is 30.3 Å². The molecule has 1 aliphatic rings. The van der Waals surface area contributed by atoms with Crippen LogP contribution in [0.2, 0.25) is 0 Å². The maximum absolute atomic E-state index is 13.5. The smallest absolute Gasteiger partial charge is 0.333 e. The van der Waals surface area contributed by atoms with Crippen molar-refractivity contribution >= 4 is 33.6 Å². The van der Waals surface area contributed by atoms with Gasteiger partial charge in [0.25, 0.3) is 0 Å². The van der Waals surface area contributed by atoms with E-state index in [0.717, 1.165) is 39.6 Å². The van der Waals surface area contributed by atoms with Gasteiger partial charge in [-0.05, 0) is 47.4 Å². The van der Waals surface area contributed by atoms with E-state index in [1.54, 1.807) is 48.5 Å². The molecule has 4 N–H and O–H groups in total. The van der Waals surface area contributed by atoms with Crippen LogP contribution in [-0.2, 0) is 44.0 Å². The molecule has 0 spiro atoms. The van der Waals surface area contributed by atoms with E-state index in [4.69, 9.17) is 4.74 Å². The molecule has 1 aliphatic heterocycles. The lowest BCUT2D eigenvalue weighted by Crippen LogP contribution is -2.55. The summed E-state index contributed by atoms with van der Waals surface area (Å²) in [4.78, 5) is 38.7. The third kappa shape index (κ3) is 9.50. The van der Waals surface area contributed by atoms with Crippen molar-refractivity contribution in [3.05, 3.63) is 108 Å². The lowest BCUT2D eigenvalue weighted by molar-refractivity contribution is -0.131. The minimum Gasteiger partial charge on any atom is -0.497 e. The van der Waals surface area contributed by atoms with Gasteiger partial charge in [-0.3, -0.25) is 14.4 Å². The van der Waals surface area contributed by atoms with Gasteiger partial charge in [0.2, 0.25) is 23.6 Å². The van der Waals surface area contributed by atoms with E-state index in [-0.39, 0.29) is 36.9 Å². The average Bonchev–Trinajstić information content (AvgIpc) is 3.30. The Hall–Kier alpha value is -5.04. The summed E-state index contributed by atoms with van der Waals surface area (Å²) in [5.41, 5.74) is 2.44. The maximum atomic E-state index is 13.5. The maximum Gasteiger partial charge on any atom is 0.333 e. The number of aliphatic hydroxyl groups excluding tert-OH is 1. The van der Waals surface area contributed by atoms with Gasteiger partial charge in [-0.2, -0.15) is 8.42 Å². The number of nitrogens with one attached hydrogen (secondary N) is 3. The number of unbranched alkanes of at least 4 members (excludes halogenated alkanes) is 2. The van der Waals surface area contributed by atoms with Crippen molar-refractivity contribution in [1.29, 1.82) is 0 Å². The number of nitrogens with zero attached hydrogens (tertiary/aromatic N) is 2. The number of hydrogen-bond acceptors (Lipinski definition) is 7. The Kier molecular flexibility index (Phi) is 12.4. The van der Waals surface area contributed by atoms with Crippen molar-refractivity contribution in [2.45, 2.75) is 64.6 Å². The highest BCUT2D eigenvalue weighted by Gasteiger charge is 2.38. The van der Waals surface area contributed by atoms with Crippen molar-refractivity contribution in [2.75, 3.05) is 18.0 Å². The first kappa shape index (κ1) is 35.8. The fourth-order valence-corrected chi connectivity index (χ4v) is 6.66. The van der Waals surface area contributed by atoms with E-state index in [1.165, 1.54) is 14.0 Å². The van der Waals surface area contributed by atoms with Gasteiger partial charge in [-0.25, -0.2) is 8.61 Å². The molecule has 2 atom stereocenters. The lowest BCUT2D eigenvalue weighted by Gasteiger charge is -2.24. The molecule has 13 heteroatoms. The van der Waals surface area contributed by atoms with E-state index >= 15 is 0 Å². The highest BCUT2D eigenvalue weighted by molar-refractivity contribution is 7.91. The first-order valence-electron chi connectivity index (χ1n) is 15.9. The van der Waals surface area contributed by atoms with Crippen LogP contribution in [-0.4, -0.2) is 61.3 Å². The predicted octanol–water partition coefficient (Wildman–Crippen LogP) is 3.70. The van der Waals surface area contributed by atoms with Crippen molar-refractivity contribution in [3.63, 3.8) is 0 Å². The number of rotatable bonds is 16. The SMILES string of the molecule is CCCCCNC(=O)[C@H](Cc1ccc(N2C=C(O)N(Cc3ccc(OC)cc3)S2(=O)=O)cc1)NC(=O)[C@H](Cc1ccccc1)NC(C)=O. The predicted molar refractivity (Wildman–Crippen MR) is 183 cm³/mol. The fourth-order valence-electron chi connectivity index (χ4n) is 5.24. The summed E-state index contributed by atoms with van der Waals surface area (Å²) in [6, 6.07) is 20.7. The third-order valence-corrected chi connectivity index (χ3v) is 9.51. The van der Waals surface area contributed by atoms with Gasteiger partial charge in [0.05, 0.1) is 25.5 Å². The molecule has 0 saturated heterocycles.